The minimum Gasteiger partial charge on any atom is -0.484 e. The number of hydrogen-bond donors (Lipinski definition) is 0. The maximum absolute atomic E-state index is 12.6. The molecule has 0 bridgehead atoms. The van der Waals surface area contributed by atoms with Crippen LogP contribution in [-0.2, 0) is 11.3 Å². The van der Waals surface area contributed by atoms with Crippen molar-refractivity contribution in [3.8, 4) is 5.75 Å². The third kappa shape index (κ3) is 5.06. The third-order valence-corrected chi connectivity index (χ3v) is 4.72. The Bertz CT molecular complexity index is 796. The molecule has 6 nitrogen and oxygen atoms in total. The molecule has 3 rings (SSSR count). The Kier molecular flexibility index (Phi) is 5.74. The van der Waals surface area contributed by atoms with E-state index in [-0.39, 0.29) is 24.2 Å². The summed E-state index contributed by atoms with van der Waals surface area (Å²) < 4.78 is 5.54. The maximum Gasteiger partial charge on any atom is 0.269 e. The molecule has 0 aromatic heterocycles. The summed E-state index contributed by atoms with van der Waals surface area (Å²) in [6.45, 7) is 4.82. The van der Waals surface area contributed by atoms with E-state index in [1.165, 1.54) is 29.8 Å². The average Bonchev–Trinajstić information content (AvgIpc) is 3.50. The van der Waals surface area contributed by atoms with Crippen molar-refractivity contribution in [2.24, 2.45) is 0 Å². The Labute approximate surface area is 158 Å². The molecule has 1 aliphatic rings. The van der Waals surface area contributed by atoms with E-state index in [1.807, 2.05) is 4.90 Å². The first kappa shape index (κ1) is 18.9. The van der Waals surface area contributed by atoms with E-state index in [0.717, 1.165) is 18.4 Å². The van der Waals surface area contributed by atoms with E-state index in [0.29, 0.717) is 18.2 Å². The normalized spacial score (nSPS) is 13.4. The minimum atomic E-state index is -0.464. The van der Waals surface area contributed by atoms with Gasteiger partial charge in [-0.2, -0.15) is 0 Å². The van der Waals surface area contributed by atoms with Crippen LogP contribution in [0.5, 0.6) is 5.75 Å². The molecule has 0 radical (unpaired) electrons. The highest BCUT2D eigenvalue weighted by Gasteiger charge is 2.32. The van der Waals surface area contributed by atoms with Crippen molar-refractivity contribution < 1.29 is 14.5 Å². The molecule has 1 amide bonds. The van der Waals surface area contributed by atoms with Gasteiger partial charge in [0, 0.05) is 24.7 Å². The number of non-ortho nitro benzene ring substituents is 1. The highest BCUT2D eigenvalue weighted by Crippen LogP contribution is 2.29. The van der Waals surface area contributed by atoms with Crippen LogP contribution < -0.4 is 4.74 Å². The van der Waals surface area contributed by atoms with E-state index in [1.54, 1.807) is 0 Å². The molecule has 0 unspecified atom stereocenters. The van der Waals surface area contributed by atoms with Crippen molar-refractivity contribution in [3.63, 3.8) is 0 Å². The van der Waals surface area contributed by atoms with Gasteiger partial charge in [0.25, 0.3) is 11.6 Å². The lowest BCUT2D eigenvalue weighted by atomic mass is 10.0. The van der Waals surface area contributed by atoms with Gasteiger partial charge in [0.05, 0.1) is 4.92 Å². The highest BCUT2D eigenvalue weighted by atomic mass is 16.6. The Balaban J connectivity index is 1.59. The van der Waals surface area contributed by atoms with E-state index >= 15 is 0 Å². The number of carbonyl (C=O) groups excluding carboxylic acids is 1. The second kappa shape index (κ2) is 8.20. The van der Waals surface area contributed by atoms with E-state index < -0.39 is 4.92 Å². The summed E-state index contributed by atoms with van der Waals surface area (Å²) in [7, 11) is 0. The second-order valence-corrected chi connectivity index (χ2v) is 7.19. The molecule has 2 aromatic rings. The Morgan fingerprint density at radius 2 is 1.78 bits per heavy atom. The van der Waals surface area contributed by atoms with Crippen LogP contribution in [0.3, 0.4) is 0 Å². The molecule has 0 spiro atoms. The van der Waals surface area contributed by atoms with Gasteiger partial charge in [0.2, 0.25) is 0 Å². The molecule has 1 aliphatic carbocycles. The van der Waals surface area contributed by atoms with Gasteiger partial charge in [0.15, 0.2) is 6.61 Å². The van der Waals surface area contributed by atoms with Crippen LogP contribution in [0.1, 0.15) is 43.7 Å². The largest absolute Gasteiger partial charge is 0.484 e. The van der Waals surface area contributed by atoms with E-state index in [4.69, 9.17) is 4.74 Å². The molecule has 27 heavy (non-hydrogen) atoms. The van der Waals surface area contributed by atoms with Crippen LogP contribution in [0, 0.1) is 10.1 Å². The van der Waals surface area contributed by atoms with Crippen molar-refractivity contribution in [1.82, 2.24) is 4.90 Å². The monoisotopic (exact) mass is 368 g/mol. The van der Waals surface area contributed by atoms with E-state index in [9.17, 15) is 14.9 Å². The molecule has 0 saturated heterocycles. The van der Waals surface area contributed by atoms with Crippen molar-refractivity contribution in [3.05, 3.63) is 69.8 Å². The summed E-state index contributed by atoms with van der Waals surface area (Å²) in [5.41, 5.74) is 2.39. The standard InChI is InChI=1S/C21H24N2O4/c1-15(2)17-5-3-16(4-6-17)13-22(18-7-8-18)21(24)14-27-20-11-9-19(10-12-20)23(25)26/h3-6,9-12,15,18H,7-8,13-14H2,1-2H3. The highest BCUT2D eigenvalue weighted by molar-refractivity contribution is 5.78. The lowest BCUT2D eigenvalue weighted by Crippen LogP contribution is -2.36. The third-order valence-electron chi connectivity index (χ3n) is 4.72. The van der Waals surface area contributed by atoms with Crippen LogP contribution in [0.25, 0.3) is 0 Å². The maximum atomic E-state index is 12.6. The lowest BCUT2D eigenvalue weighted by Gasteiger charge is -2.23. The Morgan fingerprint density at radius 1 is 1.15 bits per heavy atom. The number of carbonyl (C=O) groups is 1. The average molecular weight is 368 g/mol. The number of rotatable bonds is 8. The molecule has 0 N–H and O–H groups in total. The molecule has 1 fully saturated rings. The van der Waals surface area contributed by atoms with Crippen LogP contribution >= 0.6 is 0 Å². The summed E-state index contributed by atoms with van der Waals surface area (Å²) >= 11 is 0. The minimum absolute atomic E-state index is 0.00173. The summed E-state index contributed by atoms with van der Waals surface area (Å²) in [5, 5.41) is 10.7. The van der Waals surface area contributed by atoms with Gasteiger partial charge in [-0.25, -0.2) is 0 Å². The molecule has 142 valence electrons. The predicted octanol–water partition coefficient (Wildman–Crippen LogP) is 4.29. The van der Waals surface area contributed by atoms with Crippen LogP contribution in [-0.4, -0.2) is 28.4 Å². The van der Waals surface area contributed by atoms with Gasteiger partial charge >= 0.3 is 0 Å². The van der Waals surface area contributed by atoms with Gasteiger partial charge in [0.1, 0.15) is 5.75 Å². The predicted molar refractivity (Wildman–Crippen MR) is 103 cm³/mol. The number of amides is 1. The fraction of sp³-hybridized carbons (Fsp3) is 0.381. The molecule has 0 heterocycles. The number of hydrogen-bond acceptors (Lipinski definition) is 4. The summed E-state index contributed by atoms with van der Waals surface area (Å²) in [5.74, 6) is 0.866. The Morgan fingerprint density at radius 3 is 2.30 bits per heavy atom. The van der Waals surface area contributed by atoms with Crippen molar-refractivity contribution in [1.29, 1.82) is 0 Å². The first-order chi connectivity index (χ1) is 12.9. The van der Waals surface area contributed by atoms with Gasteiger partial charge in [-0.05, 0) is 42.0 Å². The molecular weight excluding hydrogens is 344 g/mol. The smallest absolute Gasteiger partial charge is 0.269 e. The summed E-state index contributed by atoms with van der Waals surface area (Å²) in [6, 6.07) is 14.4. The number of ether oxygens (including phenoxy) is 1. The van der Waals surface area contributed by atoms with Gasteiger partial charge < -0.3 is 9.64 Å². The number of nitro groups is 1. The van der Waals surface area contributed by atoms with Gasteiger partial charge in [-0.1, -0.05) is 38.1 Å². The van der Waals surface area contributed by atoms with Crippen LogP contribution in [0.15, 0.2) is 48.5 Å². The first-order valence-corrected chi connectivity index (χ1v) is 9.19. The first-order valence-electron chi connectivity index (χ1n) is 9.19. The van der Waals surface area contributed by atoms with E-state index in [2.05, 4.69) is 38.1 Å². The Hall–Kier alpha value is -2.89. The SMILES string of the molecule is CC(C)c1ccc(CN(C(=O)COc2ccc([N+](=O)[O-])cc2)C2CC2)cc1. The van der Waals surface area contributed by atoms with Crippen LogP contribution in [0.2, 0.25) is 0 Å². The zero-order valence-electron chi connectivity index (χ0n) is 15.6. The van der Waals surface area contributed by atoms with Crippen molar-refractivity contribution in [2.45, 2.75) is 45.2 Å². The quantitative estimate of drug-likeness (QED) is 0.515. The number of nitro benzene ring substituents is 1. The molecule has 2 aromatic carbocycles. The molecular formula is C21H24N2O4. The fourth-order valence-electron chi connectivity index (χ4n) is 2.90. The van der Waals surface area contributed by atoms with Crippen LogP contribution in [0.4, 0.5) is 5.69 Å². The number of nitrogens with zero attached hydrogens (tertiary/aromatic N) is 2. The second-order valence-electron chi connectivity index (χ2n) is 7.19. The molecule has 0 aliphatic heterocycles. The molecule has 0 atom stereocenters. The fourth-order valence-corrected chi connectivity index (χ4v) is 2.90. The summed E-state index contributed by atoms with van der Waals surface area (Å²) in [6.07, 6.45) is 2.04. The van der Waals surface area contributed by atoms with Crippen molar-refractivity contribution in [2.75, 3.05) is 6.61 Å². The number of benzene rings is 2. The van der Waals surface area contributed by atoms with Gasteiger partial charge in [-0.15, -0.1) is 0 Å². The van der Waals surface area contributed by atoms with Gasteiger partial charge in [-0.3, -0.25) is 14.9 Å². The zero-order valence-corrected chi connectivity index (χ0v) is 15.6. The molecule has 6 heteroatoms. The topological polar surface area (TPSA) is 72.7 Å². The lowest BCUT2D eigenvalue weighted by molar-refractivity contribution is -0.384. The summed E-state index contributed by atoms with van der Waals surface area (Å²) in [4.78, 5) is 24.7. The van der Waals surface area contributed by atoms with Crippen molar-refractivity contribution >= 4 is 11.6 Å². The molecule has 1 saturated carbocycles. The zero-order chi connectivity index (χ0) is 19.4.